The van der Waals surface area contributed by atoms with Gasteiger partial charge in [-0.1, -0.05) is 32.0 Å². The molecule has 0 aliphatic rings. The molecule has 0 spiro atoms. The van der Waals surface area contributed by atoms with Gasteiger partial charge in [-0.05, 0) is 24.5 Å². The Balaban J connectivity index is 2.49. The molecule has 3 heteroatoms. The van der Waals surface area contributed by atoms with Crippen molar-refractivity contribution in [1.29, 1.82) is 0 Å². The summed E-state index contributed by atoms with van der Waals surface area (Å²) >= 11 is 0. The van der Waals surface area contributed by atoms with Crippen LogP contribution in [0.2, 0.25) is 0 Å². The minimum Gasteiger partial charge on any atom is -0.493 e. The van der Waals surface area contributed by atoms with E-state index in [0.717, 1.165) is 11.3 Å². The van der Waals surface area contributed by atoms with Gasteiger partial charge in [-0.3, -0.25) is 4.79 Å². The highest BCUT2D eigenvalue weighted by molar-refractivity contribution is 5.69. The number of hydrogen-bond donors (Lipinski definition) is 0. The first-order chi connectivity index (χ1) is 8.15. The maximum atomic E-state index is 11.1. The lowest BCUT2D eigenvalue weighted by molar-refractivity contribution is -0.143. The van der Waals surface area contributed by atoms with Crippen molar-refractivity contribution in [3.63, 3.8) is 0 Å². The lowest BCUT2D eigenvalue weighted by Gasteiger charge is -2.13. The Morgan fingerprint density at radius 3 is 2.65 bits per heavy atom. The van der Waals surface area contributed by atoms with Crippen molar-refractivity contribution >= 4 is 5.97 Å². The van der Waals surface area contributed by atoms with Gasteiger partial charge in [0.05, 0.1) is 19.6 Å². The maximum absolute atomic E-state index is 11.1. The Bertz CT molecular complexity index is 358. The zero-order valence-corrected chi connectivity index (χ0v) is 10.7. The summed E-state index contributed by atoms with van der Waals surface area (Å²) in [6.45, 7) is 6.82. The van der Waals surface area contributed by atoms with Crippen LogP contribution in [0.3, 0.4) is 0 Å². The zero-order chi connectivity index (χ0) is 12.7. The molecule has 0 saturated heterocycles. The van der Waals surface area contributed by atoms with Crippen molar-refractivity contribution in [3.8, 4) is 5.75 Å². The van der Waals surface area contributed by atoms with Gasteiger partial charge in [0.2, 0.25) is 0 Å². The molecule has 0 N–H and O–H groups in total. The van der Waals surface area contributed by atoms with E-state index in [-0.39, 0.29) is 5.97 Å². The van der Waals surface area contributed by atoms with Crippen LogP contribution >= 0.6 is 0 Å². The lowest BCUT2D eigenvalue weighted by atomic mass is 10.0. The van der Waals surface area contributed by atoms with Crippen molar-refractivity contribution in [2.75, 3.05) is 13.2 Å². The predicted octanol–water partition coefficient (Wildman–Crippen LogP) is 3.14. The number of benzene rings is 1. The number of ether oxygens (including phenoxy) is 2. The van der Waals surface area contributed by atoms with Gasteiger partial charge >= 0.3 is 5.97 Å². The summed E-state index contributed by atoms with van der Waals surface area (Å²) < 4.78 is 10.5. The van der Waals surface area contributed by atoms with Crippen LogP contribution in [-0.4, -0.2) is 19.2 Å². The number of carbonyl (C=O) groups is 1. The van der Waals surface area contributed by atoms with Crippen LogP contribution in [0, 0.1) is 0 Å². The monoisotopic (exact) mass is 236 g/mol. The Morgan fingerprint density at radius 2 is 2.00 bits per heavy atom. The van der Waals surface area contributed by atoms with Crippen LogP contribution in [0.5, 0.6) is 5.75 Å². The summed E-state index contributed by atoms with van der Waals surface area (Å²) in [6.07, 6.45) is 0.292. The Hall–Kier alpha value is -1.51. The van der Waals surface area contributed by atoms with E-state index in [4.69, 9.17) is 9.47 Å². The van der Waals surface area contributed by atoms with E-state index in [1.165, 1.54) is 0 Å². The first-order valence-corrected chi connectivity index (χ1v) is 6.02. The minimum absolute atomic E-state index is 0.213. The van der Waals surface area contributed by atoms with E-state index in [1.54, 1.807) is 6.92 Å². The fourth-order valence-corrected chi connectivity index (χ4v) is 1.57. The van der Waals surface area contributed by atoms with Gasteiger partial charge < -0.3 is 9.47 Å². The highest BCUT2D eigenvalue weighted by atomic mass is 16.5. The summed E-state index contributed by atoms with van der Waals surface area (Å²) in [6, 6.07) is 7.91. The number of para-hydroxylation sites is 1. The van der Waals surface area contributed by atoms with E-state index < -0.39 is 0 Å². The van der Waals surface area contributed by atoms with Gasteiger partial charge in [-0.25, -0.2) is 0 Å². The molecule has 0 fully saturated rings. The van der Waals surface area contributed by atoms with E-state index in [2.05, 4.69) is 13.8 Å². The van der Waals surface area contributed by atoms with Gasteiger partial charge in [0.15, 0.2) is 0 Å². The van der Waals surface area contributed by atoms with Gasteiger partial charge in [-0.2, -0.15) is 0 Å². The van der Waals surface area contributed by atoms with Gasteiger partial charge in [-0.15, -0.1) is 0 Å². The molecule has 0 aromatic heterocycles. The van der Waals surface area contributed by atoms with Gasteiger partial charge in [0, 0.05) is 0 Å². The SMILES string of the molecule is CCOC(=O)CCOc1ccccc1C(C)C. The summed E-state index contributed by atoms with van der Waals surface area (Å²) in [5, 5.41) is 0. The number of hydrogen-bond acceptors (Lipinski definition) is 3. The smallest absolute Gasteiger partial charge is 0.309 e. The molecular weight excluding hydrogens is 216 g/mol. The molecule has 0 amide bonds. The molecule has 0 atom stereocenters. The fourth-order valence-electron chi connectivity index (χ4n) is 1.57. The van der Waals surface area contributed by atoms with Crippen LogP contribution in [0.15, 0.2) is 24.3 Å². The lowest BCUT2D eigenvalue weighted by Crippen LogP contribution is -2.10. The van der Waals surface area contributed by atoms with Crippen molar-refractivity contribution in [2.45, 2.75) is 33.1 Å². The van der Waals surface area contributed by atoms with Crippen molar-refractivity contribution in [3.05, 3.63) is 29.8 Å². The van der Waals surface area contributed by atoms with E-state index >= 15 is 0 Å². The summed E-state index contributed by atoms with van der Waals surface area (Å²) in [5.74, 6) is 1.05. The molecule has 1 aromatic carbocycles. The maximum Gasteiger partial charge on any atom is 0.309 e. The van der Waals surface area contributed by atoms with Gasteiger partial charge in [0.1, 0.15) is 5.75 Å². The third kappa shape index (κ3) is 4.47. The molecule has 1 aromatic rings. The first kappa shape index (κ1) is 13.6. The third-order valence-corrected chi connectivity index (χ3v) is 2.41. The Labute approximate surface area is 103 Å². The standard InChI is InChI=1S/C14H20O3/c1-4-16-14(15)9-10-17-13-8-6-5-7-12(13)11(2)3/h5-8,11H,4,9-10H2,1-3H3. The molecule has 0 unspecified atom stereocenters. The molecule has 0 aliphatic carbocycles. The molecule has 1 rings (SSSR count). The van der Waals surface area contributed by atoms with Crippen LogP contribution < -0.4 is 4.74 Å². The molecule has 3 nitrogen and oxygen atoms in total. The van der Waals surface area contributed by atoms with Crippen LogP contribution in [0.1, 0.15) is 38.7 Å². The second-order valence-electron chi connectivity index (χ2n) is 4.10. The Morgan fingerprint density at radius 1 is 1.29 bits per heavy atom. The molecule has 0 saturated carbocycles. The Kier molecular flexibility index (Phi) is 5.53. The van der Waals surface area contributed by atoms with Crippen LogP contribution in [0.4, 0.5) is 0 Å². The number of carbonyl (C=O) groups excluding carboxylic acids is 1. The number of esters is 1. The van der Waals surface area contributed by atoms with Crippen molar-refractivity contribution < 1.29 is 14.3 Å². The largest absolute Gasteiger partial charge is 0.493 e. The minimum atomic E-state index is -0.213. The quantitative estimate of drug-likeness (QED) is 0.712. The van der Waals surface area contributed by atoms with Crippen molar-refractivity contribution in [2.24, 2.45) is 0 Å². The highest BCUT2D eigenvalue weighted by Crippen LogP contribution is 2.25. The summed E-state index contributed by atoms with van der Waals surface area (Å²) in [5.41, 5.74) is 1.16. The summed E-state index contributed by atoms with van der Waals surface area (Å²) in [7, 11) is 0. The first-order valence-electron chi connectivity index (χ1n) is 6.02. The average molecular weight is 236 g/mol. The topological polar surface area (TPSA) is 35.5 Å². The predicted molar refractivity (Wildman–Crippen MR) is 67.3 cm³/mol. The molecule has 0 aliphatic heterocycles. The molecule has 0 radical (unpaired) electrons. The highest BCUT2D eigenvalue weighted by Gasteiger charge is 2.08. The molecular formula is C14H20O3. The van der Waals surface area contributed by atoms with Crippen LogP contribution in [-0.2, 0) is 9.53 Å². The van der Waals surface area contributed by atoms with E-state index in [9.17, 15) is 4.79 Å². The molecule has 0 bridgehead atoms. The second-order valence-corrected chi connectivity index (χ2v) is 4.10. The van der Waals surface area contributed by atoms with Gasteiger partial charge in [0.25, 0.3) is 0 Å². The normalized spacial score (nSPS) is 10.4. The number of rotatable bonds is 6. The van der Waals surface area contributed by atoms with Crippen molar-refractivity contribution in [1.82, 2.24) is 0 Å². The van der Waals surface area contributed by atoms with E-state index in [0.29, 0.717) is 25.6 Å². The molecule has 0 heterocycles. The average Bonchev–Trinajstić information content (AvgIpc) is 2.30. The van der Waals surface area contributed by atoms with E-state index in [1.807, 2.05) is 24.3 Å². The fraction of sp³-hybridized carbons (Fsp3) is 0.500. The molecule has 17 heavy (non-hydrogen) atoms. The molecule has 94 valence electrons. The summed E-state index contributed by atoms with van der Waals surface area (Å²) in [4.78, 5) is 11.1. The second kappa shape index (κ2) is 6.94. The third-order valence-electron chi connectivity index (χ3n) is 2.41. The zero-order valence-electron chi connectivity index (χ0n) is 10.7. The van der Waals surface area contributed by atoms with Crippen LogP contribution in [0.25, 0.3) is 0 Å².